The number of fused-ring (bicyclic) bond motifs is 1. The lowest BCUT2D eigenvalue weighted by Crippen LogP contribution is -2.25. The first kappa shape index (κ1) is 17.6. The Bertz CT molecular complexity index is 744. The van der Waals surface area contributed by atoms with E-state index in [4.69, 9.17) is 14.2 Å². The topological polar surface area (TPSA) is 109 Å². The van der Waals surface area contributed by atoms with Crippen LogP contribution in [0.15, 0.2) is 6.33 Å². The SMILES string of the molecule is COc1nc(N(C)C(C)=O)nc2c1ncn2COCCOC(C)=O. The van der Waals surface area contributed by atoms with E-state index in [-0.39, 0.29) is 43.6 Å². The maximum absolute atomic E-state index is 11.5. The second-order valence-corrected chi connectivity index (χ2v) is 4.87. The van der Waals surface area contributed by atoms with E-state index in [1.54, 1.807) is 11.6 Å². The van der Waals surface area contributed by atoms with Gasteiger partial charge in [-0.2, -0.15) is 9.97 Å². The lowest BCUT2D eigenvalue weighted by atomic mass is 10.5. The van der Waals surface area contributed by atoms with Crippen molar-refractivity contribution >= 4 is 29.0 Å². The monoisotopic (exact) mass is 337 g/mol. The fourth-order valence-corrected chi connectivity index (χ4v) is 1.84. The number of ether oxygens (including phenoxy) is 3. The summed E-state index contributed by atoms with van der Waals surface area (Å²) in [6.07, 6.45) is 1.53. The number of amides is 1. The first-order chi connectivity index (χ1) is 11.4. The molecule has 0 saturated carbocycles. The van der Waals surface area contributed by atoms with Crippen molar-refractivity contribution < 1.29 is 23.8 Å². The Balaban J connectivity index is 2.20. The number of carbonyl (C=O) groups is 2. The highest BCUT2D eigenvalue weighted by Gasteiger charge is 2.17. The van der Waals surface area contributed by atoms with Crippen molar-refractivity contribution in [2.75, 3.05) is 32.3 Å². The molecule has 0 aliphatic heterocycles. The standard InChI is InChI=1S/C14H19N5O5/c1-9(20)18(3)14-16-12-11(13(17-14)22-4)15-7-19(12)8-23-5-6-24-10(2)21/h7H,5-6,8H2,1-4H3. The minimum atomic E-state index is -0.360. The summed E-state index contributed by atoms with van der Waals surface area (Å²) in [7, 11) is 3.03. The first-order valence-electron chi connectivity index (χ1n) is 7.16. The molecule has 0 fully saturated rings. The summed E-state index contributed by atoms with van der Waals surface area (Å²) < 4.78 is 17.1. The Morgan fingerprint density at radius 1 is 1.25 bits per heavy atom. The number of hydrogen-bond donors (Lipinski definition) is 0. The number of aromatic nitrogens is 4. The molecule has 2 rings (SSSR count). The van der Waals surface area contributed by atoms with Gasteiger partial charge in [-0.05, 0) is 0 Å². The largest absolute Gasteiger partial charge is 0.479 e. The average molecular weight is 337 g/mol. The zero-order valence-electron chi connectivity index (χ0n) is 14.0. The number of rotatable bonds is 7. The van der Waals surface area contributed by atoms with E-state index < -0.39 is 0 Å². The molecule has 0 atom stereocenters. The maximum Gasteiger partial charge on any atom is 0.302 e. The van der Waals surface area contributed by atoms with Crippen LogP contribution >= 0.6 is 0 Å². The molecule has 0 aliphatic rings. The molecule has 0 N–H and O–H groups in total. The average Bonchev–Trinajstić information content (AvgIpc) is 2.95. The third-order valence-corrected chi connectivity index (χ3v) is 3.15. The van der Waals surface area contributed by atoms with Crippen LogP contribution in [0.4, 0.5) is 5.95 Å². The highest BCUT2D eigenvalue weighted by Crippen LogP contribution is 2.23. The molecule has 24 heavy (non-hydrogen) atoms. The Hall–Kier alpha value is -2.75. The van der Waals surface area contributed by atoms with Gasteiger partial charge in [0.25, 0.3) is 0 Å². The van der Waals surface area contributed by atoms with Crippen LogP contribution in [0.5, 0.6) is 5.88 Å². The number of anilines is 1. The minimum absolute atomic E-state index is 0.154. The van der Waals surface area contributed by atoms with Gasteiger partial charge in [0, 0.05) is 20.9 Å². The molecule has 0 bridgehead atoms. The summed E-state index contributed by atoms with van der Waals surface area (Å²) in [6, 6.07) is 0. The molecule has 10 heteroatoms. The predicted molar refractivity (Wildman–Crippen MR) is 83.5 cm³/mol. The van der Waals surface area contributed by atoms with Crippen molar-refractivity contribution in [3.05, 3.63) is 6.33 Å². The van der Waals surface area contributed by atoms with Gasteiger partial charge in [-0.15, -0.1) is 0 Å². The van der Waals surface area contributed by atoms with E-state index in [2.05, 4.69) is 15.0 Å². The summed E-state index contributed by atoms with van der Waals surface area (Å²) in [6.45, 7) is 3.30. The second-order valence-electron chi connectivity index (χ2n) is 4.87. The number of methoxy groups -OCH3 is 1. The van der Waals surface area contributed by atoms with Crippen LogP contribution < -0.4 is 9.64 Å². The summed E-state index contributed by atoms with van der Waals surface area (Å²) >= 11 is 0. The molecule has 0 unspecified atom stereocenters. The van der Waals surface area contributed by atoms with Gasteiger partial charge in [0.1, 0.15) is 13.3 Å². The molecule has 0 saturated heterocycles. The van der Waals surface area contributed by atoms with Crippen molar-refractivity contribution in [1.29, 1.82) is 0 Å². The molecular formula is C14H19N5O5. The van der Waals surface area contributed by atoms with Crippen LogP contribution in [0.1, 0.15) is 13.8 Å². The van der Waals surface area contributed by atoms with Gasteiger partial charge in [-0.1, -0.05) is 0 Å². The summed E-state index contributed by atoms with van der Waals surface area (Å²) in [4.78, 5) is 36.2. The van der Waals surface area contributed by atoms with Crippen molar-refractivity contribution in [3.63, 3.8) is 0 Å². The van der Waals surface area contributed by atoms with Gasteiger partial charge in [0.15, 0.2) is 11.2 Å². The van der Waals surface area contributed by atoms with Gasteiger partial charge in [-0.3, -0.25) is 19.1 Å². The Kier molecular flexibility index (Phi) is 5.64. The molecule has 2 heterocycles. The minimum Gasteiger partial charge on any atom is -0.479 e. The molecular weight excluding hydrogens is 318 g/mol. The van der Waals surface area contributed by atoms with Gasteiger partial charge in [0.2, 0.25) is 17.7 Å². The van der Waals surface area contributed by atoms with Crippen LogP contribution in [0.3, 0.4) is 0 Å². The zero-order valence-corrected chi connectivity index (χ0v) is 14.0. The molecule has 1 amide bonds. The van der Waals surface area contributed by atoms with Gasteiger partial charge >= 0.3 is 5.97 Å². The zero-order chi connectivity index (χ0) is 17.7. The smallest absolute Gasteiger partial charge is 0.302 e. The van der Waals surface area contributed by atoms with Gasteiger partial charge < -0.3 is 14.2 Å². The predicted octanol–water partition coefficient (Wildman–Crippen LogP) is 0.355. The highest BCUT2D eigenvalue weighted by atomic mass is 16.6. The summed E-state index contributed by atoms with van der Waals surface area (Å²) in [5.74, 6) is -0.101. The van der Waals surface area contributed by atoms with E-state index in [1.807, 2.05) is 0 Å². The normalized spacial score (nSPS) is 10.7. The maximum atomic E-state index is 11.5. The van der Waals surface area contributed by atoms with E-state index in [0.717, 1.165) is 0 Å². The van der Waals surface area contributed by atoms with Crippen molar-refractivity contribution in [2.45, 2.75) is 20.6 Å². The number of imidazole rings is 1. The van der Waals surface area contributed by atoms with Crippen molar-refractivity contribution in [2.24, 2.45) is 0 Å². The molecule has 2 aromatic heterocycles. The lowest BCUT2D eigenvalue weighted by molar-refractivity contribution is -0.142. The molecule has 0 radical (unpaired) electrons. The molecule has 0 aliphatic carbocycles. The molecule has 0 spiro atoms. The number of hydrogen-bond acceptors (Lipinski definition) is 8. The van der Waals surface area contributed by atoms with Crippen LogP contribution in [0, 0.1) is 0 Å². The van der Waals surface area contributed by atoms with Crippen LogP contribution in [-0.4, -0.2) is 58.8 Å². The number of nitrogens with zero attached hydrogens (tertiary/aromatic N) is 5. The van der Waals surface area contributed by atoms with E-state index in [1.165, 1.54) is 32.2 Å². The quantitative estimate of drug-likeness (QED) is 0.526. The van der Waals surface area contributed by atoms with E-state index in [0.29, 0.717) is 11.2 Å². The van der Waals surface area contributed by atoms with E-state index >= 15 is 0 Å². The van der Waals surface area contributed by atoms with Crippen LogP contribution in [0.2, 0.25) is 0 Å². The molecule has 130 valence electrons. The Labute approximate surface area is 138 Å². The van der Waals surface area contributed by atoms with Crippen molar-refractivity contribution in [3.8, 4) is 5.88 Å². The third kappa shape index (κ3) is 3.96. The molecule has 10 nitrogen and oxygen atoms in total. The summed E-state index contributed by atoms with van der Waals surface area (Å²) in [5, 5.41) is 0. The van der Waals surface area contributed by atoms with Crippen LogP contribution in [-0.2, 0) is 25.8 Å². The lowest BCUT2D eigenvalue weighted by Gasteiger charge is -2.14. The third-order valence-electron chi connectivity index (χ3n) is 3.15. The Morgan fingerprint density at radius 3 is 2.62 bits per heavy atom. The number of carbonyl (C=O) groups excluding carboxylic acids is 2. The van der Waals surface area contributed by atoms with Crippen LogP contribution in [0.25, 0.3) is 11.2 Å². The molecule has 0 aromatic carbocycles. The molecule has 2 aromatic rings. The summed E-state index contributed by atoms with van der Waals surface area (Å²) in [5.41, 5.74) is 0.930. The number of esters is 1. The Morgan fingerprint density at radius 2 is 2.00 bits per heavy atom. The highest BCUT2D eigenvalue weighted by molar-refractivity contribution is 5.90. The van der Waals surface area contributed by atoms with Gasteiger partial charge in [-0.25, -0.2) is 4.98 Å². The fourth-order valence-electron chi connectivity index (χ4n) is 1.84. The second kappa shape index (κ2) is 7.68. The first-order valence-corrected chi connectivity index (χ1v) is 7.16. The fraction of sp³-hybridized carbons (Fsp3) is 0.500. The van der Waals surface area contributed by atoms with E-state index in [9.17, 15) is 9.59 Å². The van der Waals surface area contributed by atoms with Crippen molar-refractivity contribution in [1.82, 2.24) is 19.5 Å². The van der Waals surface area contributed by atoms with Gasteiger partial charge in [0.05, 0.1) is 20.0 Å².